The van der Waals surface area contributed by atoms with Crippen molar-refractivity contribution in [1.82, 2.24) is 9.97 Å². The molecule has 1 aromatic carbocycles. The van der Waals surface area contributed by atoms with Gasteiger partial charge >= 0.3 is 5.97 Å². The van der Waals surface area contributed by atoms with Gasteiger partial charge in [0.2, 0.25) is 0 Å². The topological polar surface area (TPSA) is 69.2 Å². The molecule has 0 bridgehead atoms. The van der Waals surface area contributed by atoms with Crippen LogP contribution in [0.5, 0.6) is 0 Å². The van der Waals surface area contributed by atoms with Crippen LogP contribution in [0.4, 0.5) is 8.78 Å². The van der Waals surface area contributed by atoms with Crippen molar-refractivity contribution in [1.29, 1.82) is 0 Å². The van der Waals surface area contributed by atoms with Gasteiger partial charge in [0.1, 0.15) is 22.4 Å². The van der Waals surface area contributed by atoms with Crippen molar-refractivity contribution in [3.8, 4) is 10.6 Å². The molecule has 146 valence electrons. The average molecular weight is 422 g/mol. The van der Waals surface area contributed by atoms with E-state index in [0.29, 0.717) is 20.6 Å². The van der Waals surface area contributed by atoms with Crippen LogP contribution in [0.15, 0.2) is 23.6 Å². The zero-order valence-corrected chi connectivity index (χ0v) is 16.8. The van der Waals surface area contributed by atoms with Gasteiger partial charge in [0.25, 0.3) is 0 Å². The van der Waals surface area contributed by atoms with Crippen molar-refractivity contribution in [3.63, 3.8) is 0 Å². The number of halogens is 2. The van der Waals surface area contributed by atoms with E-state index in [1.807, 2.05) is 0 Å². The van der Waals surface area contributed by atoms with Gasteiger partial charge in [0.15, 0.2) is 5.69 Å². The highest BCUT2D eigenvalue weighted by atomic mass is 32.1. The SMILES string of the molecule is CCOC(=O)c1nc(C)sc1-c1csc(CC(=O)Cc2c(F)cccc2F)n1. The van der Waals surface area contributed by atoms with Gasteiger partial charge in [-0.15, -0.1) is 22.7 Å². The fraction of sp³-hybridized carbons (Fsp3) is 0.263. The molecule has 2 heterocycles. The van der Waals surface area contributed by atoms with Crippen molar-refractivity contribution < 1.29 is 23.1 Å². The highest BCUT2D eigenvalue weighted by Crippen LogP contribution is 2.32. The van der Waals surface area contributed by atoms with Gasteiger partial charge in [-0.05, 0) is 26.0 Å². The normalized spacial score (nSPS) is 10.9. The number of hydrogen-bond acceptors (Lipinski definition) is 7. The Morgan fingerprint density at radius 2 is 1.86 bits per heavy atom. The number of benzene rings is 1. The molecule has 3 rings (SSSR count). The molecular weight excluding hydrogens is 406 g/mol. The molecule has 0 unspecified atom stereocenters. The number of Topliss-reactive ketones (excluding diaryl/α,β-unsaturated/α-hetero) is 1. The van der Waals surface area contributed by atoms with Crippen molar-refractivity contribution in [2.75, 3.05) is 6.61 Å². The van der Waals surface area contributed by atoms with Crippen LogP contribution in [0, 0.1) is 18.6 Å². The smallest absolute Gasteiger partial charge is 0.358 e. The third-order valence-corrected chi connectivity index (χ3v) is 5.61. The van der Waals surface area contributed by atoms with E-state index in [1.165, 1.54) is 28.7 Å². The molecule has 0 saturated heterocycles. The quantitative estimate of drug-likeness (QED) is 0.529. The number of carbonyl (C=O) groups excluding carboxylic acids is 2. The van der Waals surface area contributed by atoms with Crippen LogP contribution in [0.25, 0.3) is 10.6 Å². The minimum Gasteiger partial charge on any atom is -0.461 e. The Morgan fingerprint density at radius 3 is 2.54 bits per heavy atom. The van der Waals surface area contributed by atoms with E-state index in [2.05, 4.69) is 9.97 Å². The lowest BCUT2D eigenvalue weighted by Crippen LogP contribution is -2.09. The first-order valence-corrected chi connectivity index (χ1v) is 10.1. The number of aromatic nitrogens is 2. The van der Waals surface area contributed by atoms with Crippen LogP contribution in [0.1, 0.15) is 33.0 Å². The van der Waals surface area contributed by atoms with Crippen LogP contribution in [-0.4, -0.2) is 28.3 Å². The summed E-state index contributed by atoms with van der Waals surface area (Å²) in [6, 6.07) is 3.50. The summed E-state index contributed by atoms with van der Waals surface area (Å²) in [5.41, 5.74) is 0.478. The highest BCUT2D eigenvalue weighted by Gasteiger charge is 2.22. The number of aryl methyl sites for hydroxylation is 1. The first kappa shape index (κ1) is 20.2. The van der Waals surface area contributed by atoms with Gasteiger partial charge < -0.3 is 4.74 Å². The number of carbonyl (C=O) groups is 2. The number of ether oxygens (including phenoxy) is 1. The van der Waals surface area contributed by atoms with E-state index < -0.39 is 17.6 Å². The van der Waals surface area contributed by atoms with Crippen LogP contribution in [0.3, 0.4) is 0 Å². The zero-order chi connectivity index (χ0) is 20.3. The standard InChI is InChI=1S/C19H16F2N2O3S2/c1-3-26-19(25)17-18(28-10(2)22-17)15-9-27-16(23-15)8-11(24)7-12-13(20)5-4-6-14(12)21/h4-6,9H,3,7-8H2,1-2H3. The summed E-state index contributed by atoms with van der Waals surface area (Å²) in [6.45, 7) is 3.72. The molecule has 0 N–H and O–H groups in total. The van der Waals surface area contributed by atoms with Gasteiger partial charge in [-0.25, -0.2) is 23.5 Å². The molecule has 2 aromatic heterocycles. The Hall–Kier alpha value is -2.52. The Labute approximate surface area is 168 Å². The summed E-state index contributed by atoms with van der Waals surface area (Å²) in [4.78, 5) is 33.5. The average Bonchev–Trinajstić information content (AvgIpc) is 3.25. The van der Waals surface area contributed by atoms with Crippen LogP contribution in [-0.2, 0) is 22.4 Å². The van der Waals surface area contributed by atoms with Crippen LogP contribution in [0.2, 0.25) is 0 Å². The van der Waals surface area contributed by atoms with Gasteiger partial charge in [-0.2, -0.15) is 0 Å². The Balaban J connectivity index is 1.76. The summed E-state index contributed by atoms with van der Waals surface area (Å²) in [5, 5.41) is 2.92. The zero-order valence-electron chi connectivity index (χ0n) is 15.1. The van der Waals surface area contributed by atoms with E-state index in [-0.39, 0.29) is 36.5 Å². The van der Waals surface area contributed by atoms with E-state index in [4.69, 9.17) is 4.74 Å². The maximum absolute atomic E-state index is 13.7. The second-order valence-electron chi connectivity index (χ2n) is 5.85. The molecule has 3 aromatic rings. The first-order chi connectivity index (χ1) is 13.4. The number of nitrogens with zero attached hydrogens (tertiary/aromatic N) is 2. The molecule has 9 heteroatoms. The summed E-state index contributed by atoms with van der Waals surface area (Å²) >= 11 is 2.55. The number of hydrogen-bond donors (Lipinski definition) is 0. The molecule has 28 heavy (non-hydrogen) atoms. The van der Waals surface area contributed by atoms with E-state index in [1.54, 1.807) is 19.2 Å². The fourth-order valence-corrected chi connectivity index (χ4v) is 4.32. The van der Waals surface area contributed by atoms with Crippen molar-refractivity contribution in [2.45, 2.75) is 26.7 Å². The fourth-order valence-electron chi connectivity index (χ4n) is 2.56. The highest BCUT2D eigenvalue weighted by molar-refractivity contribution is 7.16. The lowest BCUT2D eigenvalue weighted by Gasteiger charge is -2.03. The second-order valence-corrected chi connectivity index (χ2v) is 8.00. The third kappa shape index (κ3) is 4.48. The Bertz CT molecular complexity index is 1010. The van der Waals surface area contributed by atoms with Gasteiger partial charge in [-0.3, -0.25) is 4.79 Å². The summed E-state index contributed by atoms with van der Waals surface area (Å²) in [7, 11) is 0. The number of rotatable bonds is 7. The van der Waals surface area contributed by atoms with Gasteiger partial charge in [0.05, 0.1) is 28.6 Å². The largest absolute Gasteiger partial charge is 0.461 e. The maximum atomic E-state index is 13.7. The lowest BCUT2D eigenvalue weighted by atomic mass is 10.1. The van der Waals surface area contributed by atoms with Gasteiger partial charge in [-0.1, -0.05) is 6.07 Å². The van der Waals surface area contributed by atoms with E-state index >= 15 is 0 Å². The number of thiazole rings is 2. The van der Waals surface area contributed by atoms with E-state index in [9.17, 15) is 18.4 Å². The summed E-state index contributed by atoms with van der Waals surface area (Å²) in [6.07, 6.45) is -0.397. The lowest BCUT2D eigenvalue weighted by molar-refractivity contribution is -0.117. The molecule has 0 amide bonds. The van der Waals surface area contributed by atoms with Crippen molar-refractivity contribution >= 4 is 34.4 Å². The molecule has 0 aliphatic heterocycles. The molecular formula is C19H16F2N2O3S2. The minimum atomic E-state index is -0.743. The molecule has 0 saturated carbocycles. The molecule has 0 atom stereocenters. The molecule has 0 spiro atoms. The first-order valence-electron chi connectivity index (χ1n) is 8.43. The predicted molar refractivity (Wildman–Crippen MR) is 103 cm³/mol. The molecule has 0 aliphatic carbocycles. The number of esters is 1. The van der Waals surface area contributed by atoms with Crippen LogP contribution >= 0.6 is 22.7 Å². The minimum absolute atomic E-state index is 0.0506. The van der Waals surface area contributed by atoms with Crippen LogP contribution < -0.4 is 0 Å². The van der Waals surface area contributed by atoms with Crippen molar-refractivity contribution in [3.05, 3.63) is 56.5 Å². The third-order valence-electron chi connectivity index (χ3n) is 3.77. The second kappa shape index (κ2) is 8.66. The summed E-state index contributed by atoms with van der Waals surface area (Å²) in [5.74, 6) is -2.36. The monoisotopic (exact) mass is 422 g/mol. The maximum Gasteiger partial charge on any atom is 0.358 e. The molecule has 0 aliphatic rings. The Morgan fingerprint density at radius 1 is 1.14 bits per heavy atom. The molecule has 0 radical (unpaired) electrons. The summed E-state index contributed by atoms with van der Waals surface area (Å²) < 4.78 is 32.4. The molecule has 5 nitrogen and oxygen atoms in total. The predicted octanol–water partition coefficient (Wildman–Crippen LogP) is 4.38. The molecule has 0 fully saturated rings. The van der Waals surface area contributed by atoms with Crippen molar-refractivity contribution in [2.24, 2.45) is 0 Å². The van der Waals surface area contributed by atoms with E-state index in [0.717, 1.165) is 12.1 Å². The number of ketones is 1. The van der Waals surface area contributed by atoms with Gasteiger partial charge in [0, 0.05) is 17.4 Å². The Kier molecular flexibility index (Phi) is 6.25.